The van der Waals surface area contributed by atoms with Crippen molar-refractivity contribution in [3.8, 4) is 11.4 Å². The molecule has 0 aliphatic rings. The number of anilines is 3. The van der Waals surface area contributed by atoms with Crippen LogP contribution in [0.2, 0.25) is 0 Å². The summed E-state index contributed by atoms with van der Waals surface area (Å²) < 4.78 is 53.4. The Morgan fingerprint density at radius 3 is 2.41 bits per heavy atom. The maximum absolute atomic E-state index is 13.7. The molecule has 0 saturated heterocycles. The lowest BCUT2D eigenvalue weighted by atomic mass is 10.2. The van der Waals surface area contributed by atoms with Crippen LogP contribution in [0.15, 0.2) is 48.7 Å². The minimum Gasteiger partial charge on any atom is -0.384 e. The molecule has 0 amide bonds. The van der Waals surface area contributed by atoms with E-state index in [0.717, 1.165) is 12.1 Å². The van der Waals surface area contributed by atoms with E-state index >= 15 is 0 Å². The summed E-state index contributed by atoms with van der Waals surface area (Å²) in [7, 11) is 0. The molecule has 0 bridgehead atoms. The first-order valence-corrected chi connectivity index (χ1v) is 8.44. The van der Waals surface area contributed by atoms with Gasteiger partial charge in [0.05, 0.1) is 22.6 Å². The van der Waals surface area contributed by atoms with Crippen molar-refractivity contribution in [2.75, 3.05) is 11.1 Å². The highest BCUT2D eigenvalue weighted by molar-refractivity contribution is 5.68. The number of hydrogen-bond donors (Lipinski definition) is 2. The van der Waals surface area contributed by atoms with Gasteiger partial charge >= 0.3 is 6.18 Å². The highest BCUT2D eigenvalue weighted by Crippen LogP contribution is 2.31. The van der Waals surface area contributed by atoms with Gasteiger partial charge in [0, 0.05) is 18.0 Å². The standard InChI is InChI=1S/C19H14F4N6/c1-10-17(29-9-12(20)4-7-16(29)25-10)14-8-15(24)28-18(27-14)26-13-5-2-11(3-6-13)19(21,22)23/h2-9H,1H3,(H3,24,26,27,28). The van der Waals surface area contributed by atoms with E-state index in [0.29, 0.717) is 28.4 Å². The Kier molecular flexibility index (Phi) is 4.33. The highest BCUT2D eigenvalue weighted by Gasteiger charge is 2.30. The molecule has 4 aromatic rings. The van der Waals surface area contributed by atoms with Crippen LogP contribution >= 0.6 is 0 Å². The summed E-state index contributed by atoms with van der Waals surface area (Å²) in [6, 6.07) is 8.79. The van der Waals surface area contributed by atoms with Crippen LogP contribution in [0.3, 0.4) is 0 Å². The molecule has 1 aromatic carbocycles. The van der Waals surface area contributed by atoms with E-state index in [1.807, 2.05) is 0 Å². The molecule has 29 heavy (non-hydrogen) atoms. The first-order chi connectivity index (χ1) is 13.7. The number of aromatic nitrogens is 4. The van der Waals surface area contributed by atoms with Gasteiger partial charge in [-0.15, -0.1) is 0 Å². The van der Waals surface area contributed by atoms with Crippen molar-refractivity contribution < 1.29 is 17.6 Å². The zero-order valence-corrected chi connectivity index (χ0v) is 15.0. The lowest BCUT2D eigenvalue weighted by Gasteiger charge is -2.10. The third-order valence-electron chi connectivity index (χ3n) is 4.21. The number of halogens is 4. The predicted molar refractivity (Wildman–Crippen MR) is 100 cm³/mol. The molecular formula is C19H14F4N6. The largest absolute Gasteiger partial charge is 0.416 e. The minimum atomic E-state index is -4.42. The summed E-state index contributed by atoms with van der Waals surface area (Å²) >= 11 is 0. The van der Waals surface area contributed by atoms with E-state index in [2.05, 4.69) is 20.3 Å². The van der Waals surface area contributed by atoms with Crippen molar-refractivity contribution in [1.82, 2.24) is 19.4 Å². The Labute approximate surface area is 162 Å². The van der Waals surface area contributed by atoms with E-state index in [4.69, 9.17) is 5.73 Å². The lowest BCUT2D eigenvalue weighted by molar-refractivity contribution is -0.137. The van der Waals surface area contributed by atoms with Crippen molar-refractivity contribution in [3.05, 3.63) is 65.7 Å². The molecule has 0 spiro atoms. The average molecular weight is 402 g/mol. The van der Waals surface area contributed by atoms with Crippen LogP contribution in [0, 0.1) is 12.7 Å². The third kappa shape index (κ3) is 3.68. The second-order valence-electron chi connectivity index (χ2n) is 6.32. The quantitative estimate of drug-likeness (QED) is 0.490. The number of rotatable bonds is 3. The van der Waals surface area contributed by atoms with Crippen molar-refractivity contribution in [1.29, 1.82) is 0 Å². The molecule has 0 aliphatic carbocycles. The number of fused-ring (bicyclic) bond motifs is 1. The van der Waals surface area contributed by atoms with Crippen LogP contribution in [0.25, 0.3) is 17.0 Å². The number of nitrogens with two attached hydrogens (primary N) is 1. The SMILES string of the molecule is Cc1nc2ccc(F)cn2c1-c1cc(N)nc(Nc2ccc(C(F)(F)F)cc2)n1. The van der Waals surface area contributed by atoms with Gasteiger partial charge in [0.15, 0.2) is 0 Å². The monoisotopic (exact) mass is 402 g/mol. The van der Waals surface area contributed by atoms with E-state index in [-0.39, 0.29) is 11.8 Å². The fourth-order valence-corrected chi connectivity index (χ4v) is 2.96. The van der Waals surface area contributed by atoms with Gasteiger partial charge in [0.2, 0.25) is 5.95 Å². The summed E-state index contributed by atoms with van der Waals surface area (Å²) in [5, 5.41) is 2.83. The number of pyridine rings is 1. The predicted octanol–water partition coefficient (Wildman–Crippen LogP) is 4.58. The van der Waals surface area contributed by atoms with Crippen LogP contribution < -0.4 is 11.1 Å². The van der Waals surface area contributed by atoms with E-state index in [1.165, 1.54) is 36.5 Å². The summed E-state index contributed by atoms with van der Waals surface area (Å²) in [6.45, 7) is 1.75. The van der Waals surface area contributed by atoms with E-state index in [9.17, 15) is 17.6 Å². The number of nitrogens with one attached hydrogen (secondary N) is 1. The van der Waals surface area contributed by atoms with Crippen LogP contribution in [-0.4, -0.2) is 19.4 Å². The first-order valence-electron chi connectivity index (χ1n) is 8.44. The Morgan fingerprint density at radius 1 is 1.00 bits per heavy atom. The number of nitrogens with zero attached hydrogens (tertiary/aromatic N) is 4. The lowest BCUT2D eigenvalue weighted by Crippen LogP contribution is -2.05. The molecule has 0 radical (unpaired) electrons. The van der Waals surface area contributed by atoms with Gasteiger partial charge < -0.3 is 11.1 Å². The van der Waals surface area contributed by atoms with Crippen molar-refractivity contribution in [2.24, 2.45) is 0 Å². The second kappa shape index (κ2) is 6.73. The van der Waals surface area contributed by atoms with Crippen LogP contribution in [0.5, 0.6) is 0 Å². The fraction of sp³-hybridized carbons (Fsp3) is 0.105. The van der Waals surface area contributed by atoms with Gasteiger partial charge in [-0.05, 0) is 43.3 Å². The molecule has 3 aromatic heterocycles. The van der Waals surface area contributed by atoms with E-state index < -0.39 is 17.6 Å². The first kappa shape index (κ1) is 18.7. The summed E-state index contributed by atoms with van der Waals surface area (Å²) in [5.74, 6) is -0.220. The molecule has 0 fully saturated rings. The molecule has 0 saturated carbocycles. The van der Waals surface area contributed by atoms with Crippen molar-refractivity contribution in [2.45, 2.75) is 13.1 Å². The molecular weight excluding hydrogens is 388 g/mol. The van der Waals surface area contributed by atoms with Gasteiger partial charge in [-0.2, -0.15) is 18.2 Å². The van der Waals surface area contributed by atoms with Gasteiger partial charge in [-0.1, -0.05) is 0 Å². The third-order valence-corrected chi connectivity index (χ3v) is 4.21. The molecule has 148 valence electrons. The van der Waals surface area contributed by atoms with Gasteiger partial charge in [-0.25, -0.2) is 14.4 Å². The summed E-state index contributed by atoms with van der Waals surface area (Å²) in [4.78, 5) is 12.8. The van der Waals surface area contributed by atoms with Gasteiger partial charge in [-0.3, -0.25) is 4.40 Å². The van der Waals surface area contributed by atoms with Gasteiger partial charge in [0.25, 0.3) is 0 Å². The Bertz CT molecular complexity index is 1200. The molecule has 6 nitrogen and oxygen atoms in total. The van der Waals surface area contributed by atoms with Crippen molar-refractivity contribution >= 4 is 23.1 Å². The van der Waals surface area contributed by atoms with Crippen LogP contribution in [-0.2, 0) is 6.18 Å². The maximum Gasteiger partial charge on any atom is 0.416 e. The number of imidazole rings is 1. The topological polar surface area (TPSA) is 81.1 Å². The molecule has 0 unspecified atom stereocenters. The Hall–Kier alpha value is -3.69. The number of nitrogen functional groups attached to an aromatic ring is 1. The summed E-state index contributed by atoms with van der Waals surface area (Å²) in [6.07, 6.45) is -3.14. The Balaban J connectivity index is 1.72. The fourth-order valence-electron chi connectivity index (χ4n) is 2.96. The molecule has 0 atom stereocenters. The second-order valence-corrected chi connectivity index (χ2v) is 6.32. The van der Waals surface area contributed by atoms with E-state index in [1.54, 1.807) is 11.3 Å². The Morgan fingerprint density at radius 2 is 1.72 bits per heavy atom. The number of benzene rings is 1. The zero-order chi connectivity index (χ0) is 20.8. The molecule has 3 N–H and O–H groups in total. The number of aryl methyl sites for hydroxylation is 1. The number of hydrogen-bond acceptors (Lipinski definition) is 5. The molecule has 0 aliphatic heterocycles. The smallest absolute Gasteiger partial charge is 0.384 e. The molecule has 4 rings (SSSR count). The van der Waals surface area contributed by atoms with Gasteiger partial charge in [0.1, 0.15) is 17.3 Å². The van der Waals surface area contributed by atoms with Crippen molar-refractivity contribution in [3.63, 3.8) is 0 Å². The normalized spacial score (nSPS) is 11.8. The minimum absolute atomic E-state index is 0.0884. The number of alkyl halides is 3. The zero-order valence-electron chi connectivity index (χ0n) is 15.0. The molecule has 3 heterocycles. The van der Waals surface area contributed by atoms with Crippen LogP contribution in [0.1, 0.15) is 11.3 Å². The average Bonchev–Trinajstić information content (AvgIpc) is 2.96. The van der Waals surface area contributed by atoms with Crippen LogP contribution in [0.4, 0.5) is 35.0 Å². The summed E-state index contributed by atoms with van der Waals surface area (Å²) in [5.41, 5.74) is 7.54. The maximum atomic E-state index is 13.7. The molecule has 10 heteroatoms. The highest BCUT2D eigenvalue weighted by atomic mass is 19.4.